The third kappa shape index (κ3) is 5.99. The van der Waals surface area contributed by atoms with Crippen LogP contribution >= 0.6 is 0 Å². The number of aliphatic hydroxyl groups is 1. The lowest BCUT2D eigenvalue weighted by atomic mass is 9.98. The monoisotopic (exact) mass is 491 g/mol. The van der Waals surface area contributed by atoms with Gasteiger partial charge in [0.25, 0.3) is 0 Å². The number of benzene rings is 1. The normalized spacial score (nSPS) is 15.2. The summed E-state index contributed by atoms with van der Waals surface area (Å²) in [5, 5.41) is 21.4. The summed E-state index contributed by atoms with van der Waals surface area (Å²) in [4.78, 5) is 17.4. The van der Waals surface area contributed by atoms with Crippen LogP contribution in [0.2, 0.25) is 0 Å². The Balaban J connectivity index is 1.35. The van der Waals surface area contributed by atoms with E-state index in [1.54, 1.807) is 26.0 Å². The zero-order valence-electron chi connectivity index (χ0n) is 20.6. The molecule has 1 saturated heterocycles. The second-order valence-corrected chi connectivity index (χ2v) is 9.15. The molecule has 4 rings (SSSR count). The summed E-state index contributed by atoms with van der Waals surface area (Å²) in [6.07, 6.45) is 2.64. The van der Waals surface area contributed by atoms with Gasteiger partial charge >= 0.3 is 0 Å². The Hall–Kier alpha value is -3.96. The number of aromatic nitrogens is 2. The highest BCUT2D eigenvalue weighted by Crippen LogP contribution is 2.26. The molecule has 0 spiro atoms. The molecular weight excluding hydrogens is 458 g/mol. The molecule has 1 aliphatic heterocycles. The molecule has 1 fully saturated rings. The molecule has 0 aliphatic carbocycles. The van der Waals surface area contributed by atoms with E-state index in [4.69, 9.17) is 21.3 Å². The molecule has 0 radical (unpaired) electrons. The lowest BCUT2D eigenvalue weighted by molar-refractivity contribution is 0.0786. The van der Waals surface area contributed by atoms with E-state index in [1.807, 2.05) is 12.1 Å². The summed E-state index contributed by atoms with van der Waals surface area (Å²) in [6, 6.07) is 11.5. The first-order valence-electron chi connectivity index (χ1n) is 11.8. The fraction of sp³-hybridized carbons (Fsp3) is 0.360. The summed E-state index contributed by atoms with van der Waals surface area (Å²) in [6.45, 7) is 8.62. The maximum Gasteiger partial charge on any atom is 0.224 e. The minimum Gasteiger partial charge on any atom is -0.461 e. The first kappa shape index (κ1) is 25.1. The van der Waals surface area contributed by atoms with Crippen molar-refractivity contribution in [2.75, 3.05) is 55.2 Å². The number of nitrogens with one attached hydrogen (secondary N) is 2. The Morgan fingerprint density at radius 2 is 2.00 bits per heavy atom. The smallest absolute Gasteiger partial charge is 0.224 e. The summed E-state index contributed by atoms with van der Waals surface area (Å²) in [5.41, 5.74) is 13.5. The van der Waals surface area contributed by atoms with Crippen LogP contribution in [-0.4, -0.2) is 71.3 Å². The zero-order valence-corrected chi connectivity index (χ0v) is 20.6. The lowest BCUT2D eigenvalue weighted by Crippen LogP contribution is -2.47. The predicted octanol–water partition coefficient (Wildman–Crippen LogP) is 2.15. The van der Waals surface area contributed by atoms with E-state index in [2.05, 4.69) is 42.2 Å². The fourth-order valence-corrected chi connectivity index (χ4v) is 4.07. The summed E-state index contributed by atoms with van der Waals surface area (Å²) < 4.78 is 5.27. The number of aliphatic imine (C=N–C) groups is 1. The van der Waals surface area contributed by atoms with Gasteiger partial charge in [-0.1, -0.05) is 12.1 Å². The Labute approximate surface area is 210 Å². The first-order valence-corrected chi connectivity index (χ1v) is 11.8. The van der Waals surface area contributed by atoms with Gasteiger partial charge in [0.05, 0.1) is 17.4 Å². The van der Waals surface area contributed by atoms with E-state index in [0.29, 0.717) is 23.7 Å². The average molecular weight is 492 g/mol. The van der Waals surface area contributed by atoms with Crippen LogP contribution in [-0.2, 0) is 5.60 Å². The molecule has 190 valence electrons. The van der Waals surface area contributed by atoms with Gasteiger partial charge in [-0.2, -0.15) is 9.97 Å². The van der Waals surface area contributed by atoms with Gasteiger partial charge in [-0.15, -0.1) is 0 Å². The van der Waals surface area contributed by atoms with E-state index in [1.165, 1.54) is 6.26 Å². The Morgan fingerprint density at radius 3 is 2.67 bits per heavy atom. The van der Waals surface area contributed by atoms with Gasteiger partial charge < -0.3 is 36.6 Å². The fourth-order valence-electron chi connectivity index (χ4n) is 4.07. The Kier molecular flexibility index (Phi) is 7.51. The Bertz CT molecular complexity index is 1210. The average Bonchev–Trinajstić information content (AvgIpc) is 3.39. The second-order valence-electron chi connectivity index (χ2n) is 9.15. The molecule has 11 nitrogen and oxygen atoms in total. The molecule has 7 N–H and O–H groups in total. The SMILES string of the molecule is CC(C)(O)c1cccc(N2CCN(CCNc3nc(N)nc(N=C(N)c4ccco4)c3C=N)CC2)c1. The molecule has 2 aromatic heterocycles. The lowest BCUT2D eigenvalue weighted by Gasteiger charge is -2.36. The van der Waals surface area contributed by atoms with Crippen molar-refractivity contribution in [2.45, 2.75) is 19.4 Å². The number of rotatable bonds is 9. The molecule has 0 bridgehead atoms. The second kappa shape index (κ2) is 10.8. The number of amidine groups is 1. The van der Waals surface area contributed by atoms with Gasteiger partial charge in [0.2, 0.25) is 5.95 Å². The van der Waals surface area contributed by atoms with Crippen LogP contribution < -0.4 is 21.7 Å². The number of anilines is 3. The summed E-state index contributed by atoms with van der Waals surface area (Å²) >= 11 is 0. The van der Waals surface area contributed by atoms with Crippen molar-refractivity contribution < 1.29 is 9.52 Å². The van der Waals surface area contributed by atoms with Gasteiger partial charge in [0, 0.05) is 51.2 Å². The highest BCUT2D eigenvalue weighted by molar-refractivity contribution is 5.99. The van der Waals surface area contributed by atoms with Crippen LogP contribution in [0.1, 0.15) is 30.7 Å². The summed E-state index contributed by atoms with van der Waals surface area (Å²) in [7, 11) is 0. The molecule has 3 aromatic rings. The van der Waals surface area contributed by atoms with Crippen molar-refractivity contribution in [3.8, 4) is 0 Å². The first-order chi connectivity index (χ1) is 17.2. The highest BCUT2D eigenvalue weighted by atomic mass is 16.3. The van der Waals surface area contributed by atoms with Crippen LogP contribution in [0.15, 0.2) is 52.1 Å². The van der Waals surface area contributed by atoms with Crippen molar-refractivity contribution in [1.82, 2.24) is 14.9 Å². The maximum absolute atomic E-state index is 10.3. The van der Waals surface area contributed by atoms with Crippen molar-refractivity contribution in [3.63, 3.8) is 0 Å². The van der Waals surface area contributed by atoms with Crippen LogP contribution in [0, 0.1) is 5.41 Å². The topological polar surface area (TPSA) is 166 Å². The van der Waals surface area contributed by atoms with Crippen LogP contribution in [0.5, 0.6) is 0 Å². The molecule has 0 amide bonds. The van der Waals surface area contributed by atoms with E-state index in [0.717, 1.165) is 50.2 Å². The largest absolute Gasteiger partial charge is 0.461 e. The van der Waals surface area contributed by atoms with Crippen LogP contribution in [0.25, 0.3) is 0 Å². The van der Waals surface area contributed by atoms with E-state index >= 15 is 0 Å². The zero-order chi connectivity index (χ0) is 25.7. The van der Waals surface area contributed by atoms with Gasteiger partial charge in [-0.05, 0) is 43.7 Å². The van der Waals surface area contributed by atoms with E-state index in [-0.39, 0.29) is 17.6 Å². The molecule has 0 unspecified atom stereocenters. The highest BCUT2D eigenvalue weighted by Gasteiger charge is 2.21. The van der Waals surface area contributed by atoms with Gasteiger partial charge in [-0.25, -0.2) is 4.99 Å². The van der Waals surface area contributed by atoms with Crippen molar-refractivity contribution in [1.29, 1.82) is 5.41 Å². The summed E-state index contributed by atoms with van der Waals surface area (Å²) in [5.74, 6) is 1.22. The van der Waals surface area contributed by atoms with Crippen LogP contribution in [0.3, 0.4) is 0 Å². The number of nitrogens with zero attached hydrogens (tertiary/aromatic N) is 5. The molecule has 0 atom stereocenters. The minimum absolute atomic E-state index is 0.0380. The number of piperazine rings is 1. The molecular formula is C25H33N9O2. The van der Waals surface area contributed by atoms with E-state index < -0.39 is 5.60 Å². The van der Waals surface area contributed by atoms with Crippen molar-refractivity contribution in [3.05, 3.63) is 59.5 Å². The number of furan rings is 1. The predicted molar refractivity (Wildman–Crippen MR) is 142 cm³/mol. The standard InChI is InChI=1S/C25H33N9O2/c1-25(2,35)17-5-3-6-18(15-17)34-12-10-33(11-13-34)9-8-29-22-19(16-26)23(32-24(28)31-22)30-21(27)20-7-4-14-36-20/h3-7,14-16,26,35H,8-13H2,1-2H3,(H5,27,28,29,30,31,32). The third-order valence-electron chi connectivity index (χ3n) is 6.10. The quantitative estimate of drug-likeness (QED) is 0.223. The van der Waals surface area contributed by atoms with Gasteiger partial charge in [0.15, 0.2) is 17.4 Å². The van der Waals surface area contributed by atoms with Crippen molar-refractivity contribution >= 4 is 35.3 Å². The van der Waals surface area contributed by atoms with Crippen molar-refractivity contribution in [2.24, 2.45) is 10.7 Å². The molecule has 11 heteroatoms. The molecule has 0 saturated carbocycles. The number of nitrogens with two attached hydrogens (primary N) is 2. The minimum atomic E-state index is -0.862. The molecule has 1 aliphatic rings. The van der Waals surface area contributed by atoms with Gasteiger partial charge in [0.1, 0.15) is 5.82 Å². The Morgan fingerprint density at radius 1 is 1.22 bits per heavy atom. The number of hydrogen-bond acceptors (Lipinski definition) is 10. The van der Waals surface area contributed by atoms with E-state index in [9.17, 15) is 5.11 Å². The van der Waals surface area contributed by atoms with Crippen LogP contribution in [0.4, 0.5) is 23.3 Å². The molecule has 36 heavy (non-hydrogen) atoms. The third-order valence-corrected chi connectivity index (χ3v) is 6.10. The van der Waals surface area contributed by atoms with Gasteiger partial charge in [-0.3, -0.25) is 4.90 Å². The maximum atomic E-state index is 10.3. The molecule has 1 aromatic carbocycles. The number of nitrogen functional groups attached to an aromatic ring is 1. The molecule has 3 heterocycles. The number of hydrogen-bond donors (Lipinski definition) is 5.